The van der Waals surface area contributed by atoms with Crippen LogP contribution in [-0.4, -0.2) is 33.6 Å². The summed E-state index contributed by atoms with van der Waals surface area (Å²) in [6.45, 7) is 10.7. The molecule has 24 heavy (non-hydrogen) atoms. The lowest BCUT2D eigenvalue weighted by Gasteiger charge is -2.18. The number of rotatable bonds is 5. The molecule has 2 rings (SSSR count). The molecule has 0 atom stereocenters. The highest BCUT2D eigenvalue weighted by atomic mass is 32.2. The fourth-order valence-electron chi connectivity index (χ4n) is 2.41. The van der Waals surface area contributed by atoms with E-state index in [1.807, 2.05) is 27.8 Å². The average Bonchev–Trinajstić information content (AvgIpc) is 2.52. The van der Waals surface area contributed by atoms with Crippen LogP contribution in [0.1, 0.15) is 33.6 Å². The van der Waals surface area contributed by atoms with E-state index < -0.39 is 0 Å². The molecule has 0 radical (unpaired) electrons. The first kappa shape index (κ1) is 18.5. The van der Waals surface area contributed by atoms with Crippen molar-refractivity contribution in [3.8, 4) is 0 Å². The molecule has 0 spiro atoms. The second-order valence-corrected chi connectivity index (χ2v) is 7.21. The van der Waals surface area contributed by atoms with Crippen molar-refractivity contribution in [3.63, 3.8) is 0 Å². The minimum atomic E-state index is 0.0828. The Morgan fingerprint density at radius 3 is 2.29 bits per heavy atom. The molecule has 128 valence electrons. The van der Waals surface area contributed by atoms with Crippen molar-refractivity contribution in [2.45, 2.75) is 46.3 Å². The van der Waals surface area contributed by atoms with Gasteiger partial charge in [-0.05, 0) is 51.3 Å². The number of aromatic nitrogens is 2. The zero-order valence-electron chi connectivity index (χ0n) is 15.3. The van der Waals surface area contributed by atoms with Crippen molar-refractivity contribution >= 4 is 17.7 Å². The molecule has 1 heterocycles. The number of aryl methyl sites for hydroxylation is 4. The summed E-state index contributed by atoms with van der Waals surface area (Å²) in [7, 11) is 1.84. The van der Waals surface area contributed by atoms with Gasteiger partial charge in [0.2, 0.25) is 5.91 Å². The third-order valence-corrected chi connectivity index (χ3v) is 5.10. The minimum absolute atomic E-state index is 0.0828. The van der Waals surface area contributed by atoms with Gasteiger partial charge in [-0.2, -0.15) is 0 Å². The van der Waals surface area contributed by atoms with Crippen molar-refractivity contribution in [1.82, 2.24) is 14.9 Å². The van der Waals surface area contributed by atoms with Gasteiger partial charge in [0.05, 0.1) is 5.75 Å². The van der Waals surface area contributed by atoms with Gasteiger partial charge in [0.1, 0.15) is 0 Å². The van der Waals surface area contributed by atoms with Crippen LogP contribution in [0.2, 0.25) is 0 Å². The second-order valence-electron chi connectivity index (χ2n) is 6.27. The molecule has 0 aliphatic rings. The van der Waals surface area contributed by atoms with Gasteiger partial charge in [0.25, 0.3) is 0 Å². The normalized spacial score (nSPS) is 10.8. The summed E-state index contributed by atoms with van der Waals surface area (Å²) < 4.78 is 0. The lowest BCUT2D eigenvalue weighted by atomic mass is 10.1. The van der Waals surface area contributed by atoms with Crippen LogP contribution in [0.4, 0.5) is 0 Å². The summed E-state index contributed by atoms with van der Waals surface area (Å²) in [5, 5.41) is 0.670. The quantitative estimate of drug-likeness (QED) is 0.612. The van der Waals surface area contributed by atoms with Crippen molar-refractivity contribution in [1.29, 1.82) is 0 Å². The van der Waals surface area contributed by atoms with E-state index in [1.165, 1.54) is 28.5 Å². The van der Waals surface area contributed by atoms with Crippen LogP contribution in [0.3, 0.4) is 0 Å². The molecule has 4 nitrogen and oxygen atoms in total. The van der Waals surface area contributed by atoms with Crippen molar-refractivity contribution < 1.29 is 4.79 Å². The van der Waals surface area contributed by atoms with E-state index in [9.17, 15) is 4.79 Å². The van der Waals surface area contributed by atoms with Crippen molar-refractivity contribution in [2.24, 2.45) is 0 Å². The number of thioether (sulfide) groups is 1. The first-order chi connectivity index (χ1) is 11.3. The Labute approximate surface area is 148 Å². The number of carbonyl (C=O) groups excluding carboxylic acids is 1. The number of nitrogens with zero attached hydrogens (tertiary/aromatic N) is 3. The lowest BCUT2D eigenvalue weighted by molar-refractivity contribution is -0.127. The fourth-order valence-corrected chi connectivity index (χ4v) is 3.29. The molecule has 1 aromatic heterocycles. The van der Waals surface area contributed by atoms with Crippen LogP contribution >= 0.6 is 11.8 Å². The highest BCUT2D eigenvalue weighted by Gasteiger charge is 2.13. The molecule has 0 saturated heterocycles. The summed E-state index contributed by atoms with van der Waals surface area (Å²) in [4.78, 5) is 23.1. The Hall–Kier alpha value is -1.88. The van der Waals surface area contributed by atoms with Gasteiger partial charge in [-0.25, -0.2) is 9.97 Å². The Kier molecular flexibility index (Phi) is 5.99. The molecule has 5 heteroatoms. The first-order valence-corrected chi connectivity index (χ1v) is 9.01. The van der Waals surface area contributed by atoms with Crippen LogP contribution < -0.4 is 0 Å². The third-order valence-electron chi connectivity index (χ3n) is 4.27. The zero-order valence-corrected chi connectivity index (χ0v) is 16.1. The number of hydrogen-bond acceptors (Lipinski definition) is 4. The highest BCUT2D eigenvalue weighted by Crippen LogP contribution is 2.18. The minimum Gasteiger partial charge on any atom is -0.341 e. The second kappa shape index (κ2) is 7.79. The fraction of sp³-hybridized carbons (Fsp3) is 0.421. The summed E-state index contributed by atoms with van der Waals surface area (Å²) >= 11 is 1.40. The Balaban J connectivity index is 1.97. The number of carbonyl (C=O) groups is 1. The zero-order chi connectivity index (χ0) is 17.9. The molecule has 0 N–H and O–H groups in total. The van der Waals surface area contributed by atoms with E-state index in [0.29, 0.717) is 17.5 Å². The van der Waals surface area contributed by atoms with E-state index in [1.54, 1.807) is 4.90 Å². The molecular formula is C19H25N3OS. The predicted molar refractivity (Wildman–Crippen MR) is 99.4 cm³/mol. The molecule has 2 aromatic rings. The van der Waals surface area contributed by atoms with Gasteiger partial charge in [0, 0.05) is 25.0 Å². The highest BCUT2D eigenvalue weighted by molar-refractivity contribution is 7.99. The van der Waals surface area contributed by atoms with Crippen LogP contribution in [0.15, 0.2) is 23.4 Å². The van der Waals surface area contributed by atoms with Crippen LogP contribution in [0.25, 0.3) is 0 Å². The van der Waals surface area contributed by atoms with Crippen LogP contribution in [0.5, 0.6) is 0 Å². The maximum atomic E-state index is 12.4. The monoisotopic (exact) mass is 343 g/mol. The predicted octanol–water partition coefficient (Wildman–Crippen LogP) is 3.77. The third kappa shape index (κ3) is 4.57. The molecule has 0 fully saturated rings. The Morgan fingerprint density at radius 2 is 1.71 bits per heavy atom. The van der Waals surface area contributed by atoms with E-state index in [0.717, 1.165) is 17.0 Å². The van der Waals surface area contributed by atoms with E-state index >= 15 is 0 Å². The topological polar surface area (TPSA) is 46.1 Å². The van der Waals surface area contributed by atoms with Gasteiger partial charge < -0.3 is 4.90 Å². The van der Waals surface area contributed by atoms with Gasteiger partial charge in [-0.3, -0.25) is 4.79 Å². The molecule has 1 amide bonds. The molecule has 1 aromatic carbocycles. The van der Waals surface area contributed by atoms with Crippen molar-refractivity contribution in [2.75, 3.05) is 12.8 Å². The summed E-state index contributed by atoms with van der Waals surface area (Å²) in [6, 6.07) is 6.33. The van der Waals surface area contributed by atoms with Gasteiger partial charge in [-0.15, -0.1) is 0 Å². The summed E-state index contributed by atoms with van der Waals surface area (Å²) in [5.74, 6) is 0.433. The summed E-state index contributed by atoms with van der Waals surface area (Å²) in [5.41, 5.74) is 6.69. The van der Waals surface area contributed by atoms with Crippen LogP contribution in [0, 0.1) is 34.6 Å². The number of hydrogen-bond donors (Lipinski definition) is 0. The summed E-state index contributed by atoms with van der Waals surface area (Å²) in [6.07, 6.45) is 0. The first-order valence-electron chi connectivity index (χ1n) is 8.02. The Morgan fingerprint density at radius 1 is 1.08 bits per heavy atom. The lowest BCUT2D eigenvalue weighted by Crippen LogP contribution is -2.28. The van der Waals surface area contributed by atoms with Crippen LogP contribution in [-0.2, 0) is 11.3 Å². The van der Waals surface area contributed by atoms with E-state index in [4.69, 9.17) is 0 Å². The van der Waals surface area contributed by atoms with Crippen molar-refractivity contribution in [3.05, 3.63) is 51.8 Å². The van der Waals surface area contributed by atoms with Gasteiger partial charge >= 0.3 is 0 Å². The van der Waals surface area contributed by atoms with Gasteiger partial charge in [0.15, 0.2) is 5.16 Å². The largest absolute Gasteiger partial charge is 0.341 e. The molecular weight excluding hydrogens is 318 g/mol. The standard InChI is InChI=1S/C19H25N3OS/c1-12-7-8-17(13(2)9-12)10-22(6)18(23)11-24-19-20-15(4)14(3)16(5)21-19/h7-9H,10-11H2,1-6H3. The number of amides is 1. The molecule has 0 unspecified atom stereocenters. The molecule has 0 saturated carbocycles. The maximum absolute atomic E-state index is 12.4. The maximum Gasteiger partial charge on any atom is 0.233 e. The smallest absolute Gasteiger partial charge is 0.233 e. The SMILES string of the molecule is Cc1ccc(CN(C)C(=O)CSc2nc(C)c(C)c(C)n2)c(C)c1. The molecule has 0 aliphatic heterocycles. The van der Waals surface area contributed by atoms with E-state index in [2.05, 4.69) is 42.0 Å². The van der Waals surface area contributed by atoms with Gasteiger partial charge in [-0.1, -0.05) is 35.5 Å². The Bertz CT molecular complexity index is 735. The molecule has 0 bridgehead atoms. The number of benzene rings is 1. The van der Waals surface area contributed by atoms with E-state index in [-0.39, 0.29) is 5.91 Å². The molecule has 0 aliphatic carbocycles. The average molecular weight is 343 g/mol.